The van der Waals surface area contributed by atoms with Gasteiger partial charge in [-0.15, -0.1) is 0 Å². The van der Waals surface area contributed by atoms with Crippen LogP contribution in [0.15, 0.2) is 28.8 Å². The van der Waals surface area contributed by atoms with Crippen LogP contribution in [-0.2, 0) is 6.54 Å². The Morgan fingerprint density at radius 3 is 2.89 bits per heavy atom. The van der Waals surface area contributed by atoms with E-state index in [1.807, 2.05) is 0 Å². The first kappa shape index (κ1) is 12.4. The molecule has 1 aromatic heterocycles. The third-order valence-electron chi connectivity index (χ3n) is 2.26. The molecule has 0 radical (unpaired) electrons. The van der Waals surface area contributed by atoms with Crippen LogP contribution in [-0.4, -0.2) is 9.91 Å². The number of nitrogens with one attached hydrogen (secondary N) is 1. The van der Waals surface area contributed by atoms with Crippen molar-refractivity contribution in [2.45, 2.75) is 13.5 Å². The lowest BCUT2D eigenvalue weighted by molar-refractivity contribution is -0.384. The second-order valence-electron chi connectivity index (χ2n) is 3.64. The molecule has 0 atom stereocenters. The van der Waals surface area contributed by atoms with E-state index >= 15 is 0 Å². The number of nitrogens with zero attached hydrogens (tertiary/aromatic N) is 2. The Morgan fingerprint density at radius 1 is 1.56 bits per heavy atom. The topological polar surface area (TPSA) is 81.2 Å². The zero-order chi connectivity index (χ0) is 13.1. The Hall–Kier alpha value is -2.08. The normalized spacial score (nSPS) is 10.3. The van der Waals surface area contributed by atoms with Crippen LogP contribution >= 0.6 is 11.6 Å². The summed E-state index contributed by atoms with van der Waals surface area (Å²) in [6, 6.07) is 4.23. The lowest BCUT2D eigenvalue weighted by atomic mass is 10.3. The highest BCUT2D eigenvalue weighted by atomic mass is 35.5. The highest BCUT2D eigenvalue weighted by Gasteiger charge is 2.09. The predicted molar refractivity (Wildman–Crippen MR) is 66.7 cm³/mol. The van der Waals surface area contributed by atoms with Gasteiger partial charge in [0.1, 0.15) is 5.76 Å². The number of aryl methyl sites for hydroxylation is 1. The number of hydrogen-bond donors (Lipinski definition) is 1. The summed E-state index contributed by atoms with van der Waals surface area (Å²) in [4.78, 5) is 14.1. The van der Waals surface area contributed by atoms with E-state index < -0.39 is 4.92 Å². The molecule has 0 aliphatic rings. The van der Waals surface area contributed by atoms with Crippen molar-refractivity contribution in [2.24, 2.45) is 0 Å². The van der Waals surface area contributed by atoms with Gasteiger partial charge in [-0.25, -0.2) is 4.98 Å². The van der Waals surface area contributed by atoms with Gasteiger partial charge < -0.3 is 9.73 Å². The quantitative estimate of drug-likeness (QED) is 0.680. The highest BCUT2D eigenvalue weighted by Crippen LogP contribution is 2.26. The van der Waals surface area contributed by atoms with Crippen LogP contribution in [0.1, 0.15) is 11.7 Å². The average Bonchev–Trinajstić information content (AvgIpc) is 2.73. The van der Waals surface area contributed by atoms with Gasteiger partial charge in [0.05, 0.1) is 28.4 Å². The van der Waals surface area contributed by atoms with Gasteiger partial charge in [-0.05, 0) is 13.0 Å². The fraction of sp³-hybridized carbons (Fsp3) is 0.182. The van der Waals surface area contributed by atoms with Crippen LogP contribution in [0.2, 0.25) is 5.02 Å². The van der Waals surface area contributed by atoms with Crippen molar-refractivity contribution in [3.05, 3.63) is 51.2 Å². The zero-order valence-corrected chi connectivity index (χ0v) is 10.3. The lowest BCUT2D eigenvalue weighted by Crippen LogP contribution is -2.00. The molecule has 2 rings (SSSR count). The van der Waals surface area contributed by atoms with Gasteiger partial charge in [-0.2, -0.15) is 0 Å². The number of non-ortho nitro benzene ring substituents is 1. The Bertz CT molecular complexity index is 583. The molecular formula is C11H10ClN3O3. The van der Waals surface area contributed by atoms with Crippen LogP contribution in [0.25, 0.3) is 0 Å². The van der Waals surface area contributed by atoms with E-state index in [9.17, 15) is 10.1 Å². The molecule has 6 nitrogen and oxygen atoms in total. The van der Waals surface area contributed by atoms with E-state index in [-0.39, 0.29) is 10.7 Å². The summed E-state index contributed by atoms with van der Waals surface area (Å²) in [7, 11) is 0. The summed E-state index contributed by atoms with van der Waals surface area (Å²) < 4.78 is 5.28. The van der Waals surface area contributed by atoms with Crippen molar-refractivity contribution in [1.29, 1.82) is 0 Å². The fourth-order valence-electron chi connectivity index (χ4n) is 1.41. The van der Waals surface area contributed by atoms with Gasteiger partial charge in [0.25, 0.3) is 5.69 Å². The van der Waals surface area contributed by atoms with Crippen LogP contribution in [0.5, 0.6) is 0 Å². The third-order valence-corrected chi connectivity index (χ3v) is 2.58. The van der Waals surface area contributed by atoms with Gasteiger partial charge in [-0.1, -0.05) is 11.6 Å². The van der Waals surface area contributed by atoms with Crippen LogP contribution in [0.4, 0.5) is 11.4 Å². The van der Waals surface area contributed by atoms with Crippen molar-refractivity contribution in [2.75, 3.05) is 5.32 Å². The molecule has 1 heterocycles. The molecule has 0 spiro atoms. The molecule has 7 heteroatoms. The molecule has 18 heavy (non-hydrogen) atoms. The Kier molecular flexibility index (Phi) is 3.47. The largest absolute Gasteiger partial charge is 0.444 e. The summed E-state index contributed by atoms with van der Waals surface area (Å²) >= 11 is 5.93. The van der Waals surface area contributed by atoms with Gasteiger partial charge in [0.2, 0.25) is 5.89 Å². The number of aromatic nitrogens is 1. The Balaban J connectivity index is 2.08. The molecule has 0 unspecified atom stereocenters. The molecule has 0 saturated heterocycles. The zero-order valence-electron chi connectivity index (χ0n) is 9.51. The minimum Gasteiger partial charge on any atom is -0.444 e. The van der Waals surface area contributed by atoms with Crippen molar-refractivity contribution >= 4 is 23.0 Å². The minimum absolute atomic E-state index is 0.0440. The lowest BCUT2D eigenvalue weighted by Gasteiger charge is -2.05. The number of oxazole rings is 1. The Morgan fingerprint density at radius 2 is 2.33 bits per heavy atom. The number of hydrogen-bond acceptors (Lipinski definition) is 5. The Labute approximate surface area is 108 Å². The van der Waals surface area contributed by atoms with E-state index in [1.54, 1.807) is 19.2 Å². The number of nitro benzene ring substituents is 1. The highest BCUT2D eigenvalue weighted by molar-refractivity contribution is 6.33. The maximum Gasteiger partial charge on any atom is 0.271 e. The molecule has 0 saturated carbocycles. The maximum atomic E-state index is 10.5. The number of halogens is 1. The summed E-state index contributed by atoms with van der Waals surface area (Å²) in [5.74, 6) is 1.25. The number of anilines is 1. The number of nitro groups is 1. The molecule has 1 N–H and O–H groups in total. The van der Waals surface area contributed by atoms with Crippen molar-refractivity contribution in [3.63, 3.8) is 0 Å². The average molecular weight is 268 g/mol. The van der Waals surface area contributed by atoms with Gasteiger partial charge in [0.15, 0.2) is 0 Å². The van der Waals surface area contributed by atoms with Crippen molar-refractivity contribution in [3.8, 4) is 0 Å². The standard InChI is InChI=1S/C11H10ClN3O3/c1-7-5-14-11(18-7)6-13-10-3-2-8(15(16)17)4-9(10)12/h2-5,13H,6H2,1H3. The van der Waals surface area contributed by atoms with Gasteiger partial charge in [-0.3, -0.25) is 10.1 Å². The predicted octanol–water partition coefficient (Wildman–Crippen LogP) is 3.16. The summed E-state index contributed by atoms with van der Waals surface area (Å²) in [6.45, 7) is 2.17. The van der Waals surface area contributed by atoms with E-state index in [4.69, 9.17) is 16.0 Å². The molecule has 0 aliphatic heterocycles. The van der Waals surface area contributed by atoms with E-state index in [0.29, 0.717) is 18.1 Å². The van der Waals surface area contributed by atoms with Crippen LogP contribution in [0, 0.1) is 17.0 Å². The number of benzene rings is 1. The second kappa shape index (κ2) is 5.05. The van der Waals surface area contributed by atoms with Crippen LogP contribution < -0.4 is 5.32 Å². The van der Waals surface area contributed by atoms with Crippen LogP contribution in [0.3, 0.4) is 0 Å². The third kappa shape index (κ3) is 2.78. The molecule has 0 fully saturated rings. The van der Waals surface area contributed by atoms with Crippen molar-refractivity contribution < 1.29 is 9.34 Å². The van der Waals surface area contributed by atoms with E-state index in [1.165, 1.54) is 12.1 Å². The number of rotatable bonds is 4. The molecule has 0 amide bonds. The van der Waals surface area contributed by atoms with E-state index in [2.05, 4.69) is 10.3 Å². The van der Waals surface area contributed by atoms with Gasteiger partial charge >= 0.3 is 0 Å². The van der Waals surface area contributed by atoms with E-state index in [0.717, 1.165) is 5.76 Å². The van der Waals surface area contributed by atoms with Crippen molar-refractivity contribution in [1.82, 2.24) is 4.98 Å². The second-order valence-corrected chi connectivity index (χ2v) is 4.05. The van der Waals surface area contributed by atoms with Gasteiger partial charge in [0, 0.05) is 12.1 Å². The molecule has 0 bridgehead atoms. The minimum atomic E-state index is -0.493. The molecule has 2 aromatic rings. The fourth-order valence-corrected chi connectivity index (χ4v) is 1.66. The molecule has 1 aromatic carbocycles. The first-order chi connectivity index (χ1) is 8.56. The summed E-state index contributed by atoms with van der Waals surface area (Å²) in [6.07, 6.45) is 1.62. The monoisotopic (exact) mass is 267 g/mol. The maximum absolute atomic E-state index is 10.5. The first-order valence-electron chi connectivity index (χ1n) is 5.15. The summed E-state index contributed by atoms with van der Waals surface area (Å²) in [5, 5.41) is 13.8. The molecular weight excluding hydrogens is 258 g/mol. The summed E-state index contributed by atoms with van der Waals surface area (Å²) in [5.41, 5.74) is 0.552. The SMILES string of the molecule is Cc1cnc(CNc2ccc([N+](=O)[O-])cc2Cl)o1. The first-order valence-corrected chi connectivity index (χ1v) is 5.53. The molecule has 0 aliphatic carbocycles. The molecule has 94 valence electrons. The smallest absolute Gasteiger partial charge is 0.271 e.